The largest absolute Gasteiger partial charge is 0.0767 e. The molecule has 0 fully saturated rings. The van der Waals surface area contributed by atoms with Gasteiger partial charge in [0.1, 0.15) is 0 Å². The number of allylic oxidation sites excluding steroid dienone is 4. The van der Waals surface area contributed by atoms with Crippen LogP contribution in [-0.4, -0.2) is 8.07 Å². The molecule has 0 saturated carbocycles. The molecule has 0 heterocycles. The third-order valence-corrected chi connectivity index (χ3v) is 3.93. The molecule has 0 N–H and O–H groups in total. The molecule has 1 aliphatic rings. The van der Waals surface area contributed by atoms with E-state index in [2.05, 4.69) is 31.8 Å². The Labute approximate surface area is 58.3 Å². The molecule has 1 heteroatoms. The maximum atomic E-state index is 3.20. The Bertz CT molecular complexity index is 158. The molecule has 49 valence electrons. The molecule has 0 atom stereocenters. The molecular weight excluding hydrogens is 124 g/mol. The van der Waals surface area contributed by atoms with E-state index in [0.717, 1.165) is 6.42 Å². The van der Waals surface area contributed by atoms with Crippen molar-refractivity contribution in [3.63, 3.8) is 0 Å². The van der Waals surface area contributed by atoms with Crippen LogP contribution in [0.2, 0.25) is 19.6 Å². The average molecular weight is 137 g/mol. The zero-order valence-electron chi connectivity index (χ0n) is 6.36. The maximum Gasteiger partial charge on any atom is 0.0728 e. The van der Waals surface area contributed by atoms with Gasteiger partial charge in [-0.25, -0.2) is 0 Å². The molecule has 1 radical (unpaired) electrons. The van der Waals surface area contributed by atoms with Gasteiger partial charge in [-0.05, 0) is 12.5 Å². The topological polar surface area (TPSA) is 0 Å². The molecule has 0 aliphatic heterocycles. The van der Waals surface area contributed by atoms with Gasteiger partial charge in [0.25, 0.3) is 0 Å². The van der Waals surface area contributed by atoms with Gasteiger partial charge in [-0.3, -0.25) is 0 Å². The van der Waals surface area contributed by atoms with E-state index in [9.17, 15) is 0 Å². The van der Waals surface area contributed by atoms with E-state index in [1.165, 1.54) is 0 Å². The average Bonchev–Trinajstić information content (AvgIpc) is 2.08. The molecule has 0 bridgehead atoms. The summed E-state index contributed by atoms with van der Waals surface area (Å²) in [5, 5.41) is 1.63. The summed E-state index contributed by atoms with van der Waals surface area (Å²) in [6.45, 7) is 7.12. The summed E-state index contributed by atoms with van der Waals surface area (Å²) in [7, 11) is -0.957. The summed E-state index contributed by atoms with van der Waals surface area (Å²) in [5.74, 6) is 0. The molecule has 0 saturated heterocycles. The van der Waals surface area contributed by atoms with Crippen molar-refractivity contribution >= 4 is 8.07 Å². The zero-order chi connectivity index (χ0) is 6.91. The first-order valence-corrected chi connectivity index (χ1v) is 6.87. The van der Waals surface area contributed by atoms with Crippen molar-refractivity contribution in [1.82, 2.24) is 0 Å². The highest BCUT2D eigenvalue weighted by atomic mass is 28.3. The Morgan fingerprint density at radius 3 is 2.33 bits per heavy atom. The van der Waals surface area contributed by atoms with E-state index < -0.39 is 8.07 Å². The summed E-state index contributed by atoms with van der Waals surface area (Å²) in [5.41, 5.74) is 0. The molecule has 0 amide bonds. The van der Waals surface area contributed by atoms with Gasteiger partial charge in [-0.1, -0.05) is 37.0 Å². The summed E-state index contributed by atoms with van der Waals surface area (Å²) in [6, 6.07) is 0. The molecule has 0 aromatic rings. The van der Waals surface area contributed by atoms with Crippen LogP contribution in [0.5, 0.6) is 0 Å². The van der Waals surface area contributed by atoms with Gasteiger partial charge in [0, 0.05) is 0 Å². The zero-order valence-corrected chi connectivity index (χ0v) is 7.36. The monoisotopic (exact) mass is 137 g/mol. The minimum absolute atomic E-state index is 0.957. The van der Waals surface area contributed by atoms with E-state index in [4.69, 9.17) is 0 Å². The van der Waals surface area contributed by atoms with E-state index in [0.29, 0.717) is 0 Å². The van der Waals surface area contributed by atoms with Gasteiger partial charge >= 0.3 is 0 Å². The SMILES string of the molecule is C[Si](C)(C)C1=CC=[C]C1. The van der Waals surface area contributed by atoms with Crippen molar-refractivity contribution in [3.05, 3.63) is 23.4 Å². The summed E-state index contributed by atoms with van der Waals surface area (Å²) >= 11 is 0. The minimum atomic E-state index is -0.957. The predicted octanol–water partition coefficient (Wildman–Crippen LogP) is 2.55. The van der Waals surface area contributed by atoms with Gasteiger partial charge < -0.3 is 0 Å². The van der Waals surface area contributed by atoms with Crippen LogP contribution in [0.25, 0.3) is 0 Å². The van der Waals surface area contributed by atoms with Crippen LogP contribution in [-0.2, 0) is 0 Å². The number of rotatable bonds is 1. The molecule has 9 heavy (non-hydrogen) atoms. The van der Waals surface area contributed by atoms with Gasteiger partial charge in [0.2, 0.25) is 0 Å². The number of hydrogen-bond donors (Lipinski definition) is 0. The van der Waals surface area contributed by atoms with Crippen molar-refractivity contribution in [2.75, 3.05) is 0 Å². The lowest BCUT2D eigenvalue weighted by Gasteiger charge is -2.16. The highest BCUT2D eigenvalue weighted by Gasteiger charge is 2.18. The third kappa shape index (κ3) is 1.55. The Morgan fingerprint density at radius 2 is 2.11 bits per heavy atom. The molecule has 1 rings (SSSR count). The predicted molar refractivity (Wildman–Crippen MR) is 43.9 cm³/mol. The Hall–Kier alpha value is -0.303. The van der Waals surface area contributed by atoms with Crippen LogP contribution in [0.4, 0.5) is 0 Å². The lowest BCUT2D eigenvalue weighted by atomic mass is 10.5. The summed E-state index contributed by atoms with van der Waals surface area (Å²) in [4.78, 5) is 0. The second kappa shape index (κ2) is 2.14. The van der Waals surface area contributed by atoms with Gasteiger partial charge in [0.15, 0.2) is 0 Å². The van der Waals surface area contributed by atoms with Crippen LogP contribution in [0.15, 0.2) is 17.3 Å². The molecular formula is C8H13Si. The van der Waals surface area contributed by atoms with Gasteiger partial charge in [-0.15, -0.1) is 0 Å². The summed E-state index contributed by atoms with van der Waals surface area (Å²) in [6.07, 6.45) is 8.57. The van der Waals surface area contributed by atoms with Crippen LogP contribution in [0, 0.1) is 6.08 Å². The Kier molecular flexibility index (Phi) is 1.62. The Balaban J connectivity index is 2.66. The molecule has 1 aliphatic carbocycles. The molecule has 0 aromatic heterocycles. The Morgan fingerprint density at radius 1 is 1.44 bits per heavy atom. The first kappa shape index (κ1) is 6.81. The van der Waals surface area contributed by atoms with E-state index in [1.54, 1.807) is 5.20 Å². The normalized spacial score (nSPS) is 18.3. The first-order chi connectivity index (χ1) is 4.11. The van der Waals surface area contributed by atoms with Crippen LogP contribution in [0.1, 0.15) is 6.42 Å². The van der Waals surface area contributed by atoms with Crippen LogP contribution in [0.3, 0.4) is 0 Å². The van der Waals surface area contributed by atoms with Gasteiger partial charge in [0.05, 0.1) is 8.07 Å². The van der Waals surface area contributed by atoms with E-state index >= 15 is 0 Å². The molecule has 0 unspecified atom stereocenters. The lowest BCUT2D eigenvalue weighted by Crippen LogP contribution is -2.22. The van der Waals surface area contributed by atoms with E-state index in [-0.39, 0.29) is 0 Å². The standard InChI is InChI=1S/C8H13Si/c1-9(2,3)8-6-4-5-7-8/h4,6H,7H2,1-3H3. The smallest absolute Gasteiger partial charge is 0.0728 e. The maximum absolute atomic E-state index is 3.20. The highest BCUT2D eigenvalue weighted by Crippen LogP contribution is 2.21. The van der Waals surface area contributed by atoms with Crippen molar-refractivity contribution in [2.24, 2.45) is 0 Å². The molecule has 0 aromatic carbocycles. The van der Waals surface area contributed by atoms with Gasteiger partial charge in [-0.2, -0.15) is 0 Å². The fourth-order valence-corrected chi connectivity index (χ4v) is 2.12. The van der Waals surface area contributed by atoms with Crippen LogP contribution < -0.4 is 0 Å². The van der Waals surface area contributed by atoms with E-state index in [1.807, 2.05) is 6.08 Å². The third-order valence-electron chi connectivity index (χ3n) is 1.66. The number of hydrogen-bond acceptors (Lipinski definition) is 0. The minimum Gasteiger partial charge on any atom is -0.0767 e. The highest BCUT2D eigenvalue weighted by molar-refractivity contribution is 6.83. The van der Waals surface area contributed by atoms with Crippen LogP contribution >= 0.6 is 0 Å². The fraction of sp³-hybridized carbons (Fsp3) is 0.500. The van der Waals surface area contributed by atoms with Crippen molar-refractivity contribution < 1.29 is 0 Å². The molecule has 0 spiro atoms. The lowest BCUT2D eigenvalue weighted by molar-refractivity contribution is 1.31. The fourth-order valence-electron chi connectivity index (χ4n) is 0.902. The molecule has 0 nitrogen and oxygen atoms in total. The quantitative estimate of drug-likeness (QED) is 0.487. The van der Waals surface area contributed by atoms with Crippen molar-refractivity contribution in [2.45, 2.75) is 26.1 Å². The van der Waals surface area contributed by atoms with Crippen molar-refractivity contribution in [3.8, 4) is 0 Å². The summed E-state index contributed by atoms with van der Waals surface area (Å²) < 4.78 is 0. The second-order valence-electron chi connectivity index (χ2n) is 3.49. The van der Waals surface area contributed by atoms with Crippen molar-refractivity contribution in [1.29, 1.82) is 0 Å². The first-order valence-electron chi connectivity index (χ1n) is 3.37. The second-order valence-corrected chi connectivity index (χ2v) is 8.63.